The van der Waals surface area contributed by atoms with E-state index >= 15 is 0 Å². The molecule has 2 N–H and O–H groups in total. The molecule has 0 aromatic heterocycles. The van der Waals surface area contributed by atoms with Gasteiger partial charge in [0.1, 0.15) is 11.6 Å². The van der Waals surface area contributed by atoms with Crippen LogP contribution in [0.25, 0.3) is 12.2 Å². The predicted molar refractivity (Wildman–Crippen MR) is 330 cm³/mol. The molecule has 8 fully saturated rings. The average molecular weight is 1150 g/mol. The van der Waals surface area contributed by atoms with Crippen molar-refractivity contribution in [2.24, 2.45) is 69.0 Å². The van der Waals surface area contributed by atoms with E-state index in [0.717, 1.165) is 101 Å². The number of Topliss-reactive ketones (excluding diaryl/α,β-unsaturated/α-hetero) is 2. The van der Waals surface area contributed by atoms with Crippen LogP contribution in [0.15, 0.2) is 97.1 Å². The van der Waals surface area contributed by atoms with Crippen molar-refractivity contribution >= 4 is 58.6 Å². The summed E-state index contributed by atoms with van der Waals surface area (Å²) in [6, 6.07) is 25.6. The lowest BCUT2D eigenvalue weighted by Crippen LogP contribution is -2.54. The number of anilines is 2. The van der Waals surface area contributed by atoms with E-state index in [9.17, 15) is 28.8 Å². The Kier molecular flexibility index (Phi) is 16.2. The Morgan fingerprint density at radius 1 is 0.482 bits per heavy atom. The number of methoxy groups -OCH3 is 2. The molecule has 4 unspecified atom stereocenters. The molecule has 0 radical (unpaired) electrons. The Labute approximate surface area is 502 Å². The first-order chi connectivity index (χ1) is 40.9. The standard InChI is InChI=1S/C73H86N2O10/c1-70-35-31-50(78)41-46(70)19-23-52-56-25-29-66(72(56,3)37-33-58(52)70)74-60-13-9-7-11-54(60)68(80)84-62-27-17-44(39-64(62)82-5)15-21-48(76)43-49(77)22-16-45-18-28-63(65(40-45)83-6)85-69(81)55-12-8-10-14-61(55)75-67-30-26-57-53-24-20-47-42-51(79)32-36-71(47,2)59(53)34-38-73(57,67)4/h7-18,21-22,27-28,39-40,46-47,52-53,56-59,66-67,74-75H,19-20,23-26,29-38,41-43H2,1-6H3/b21-15+,22-16+/t46?,47?,52-,53-,56-,57-,58-,59-,66?,67?,70-,71-,72-,73-/m0/s1. The molecule has 0 spiro atoms. The molecule has 4 aromatic carbocycles. The van der Waals surface area contributed by atoms with Crippen molar-refractivity contribution < 1.29 is 47.7 Å². The van der Waals surface area contributed by atoms with Gasteiger partial charge in [0.15, 0.2) is 34.6 Å². The molecule has 12 heteroatoms. The van der Waals surface area contributed by atoms with E-state index in [4.69, 9.17) is 18.9 Å². The maximum Gasteiger partial charge on any atom is 0.345 e. The van der Waals surface area contributed by atoms with E-state index in [-0.39, 0.29) is 51.7 Å². The molecule has 448 valence electrons. The van der Waals surface area contributed by atoms with Crippen molar-refractivity contribution in [3.8, 4) is 23.0 Å². The van der Waals surface area contributed by atoms with Crippen LogP contribution in [0.5, 0.6) is 23.0 Å². The van der Waals surface area contributed by atoms with E-state index in [1.54, 1.807) is 60.7 Å². The summed E-state index contributed by atoms with van der Waals surface area (Å²) < 4.78 is 23.4. The summed E-state index contributed by atoms with van der Waals surface area (Å²) in [5.74, 6) is 5.16. The molecule has 0 saturated heterocycles. The number of esters is 2. The van der Waals surface area contributed by atoms with E-state index in [0.29, 0.717) is 92.7 Å². The monoisotopic (exact) mass is 1150 g/mol. The van der Waals surface area contributed by atoms with Gasteiger partial charge in [-0.2, -0.15) is 0 Å². The van der Waals surface area contributed by atoms with Crippen LogP contribution in [0, 0.1) is 69.0 Å². The van der Waals surface area contributed by atoms with Crippen molar-refractivity contribution in [2.75, 3.05) is 24.9 Å². The minimum atomic E-state index is -0.507. The van der Waals surface area contributed by atoms with Crippen molar-refractivity contribution in [3.05, 3.63) is 119 Å². The molecule has 85 heavy (non-hydrogen) atoms. The maximum atomic E-state index is 14.0. The van der Waals surface area contributed by atoms with Gasteiger partial charge >= 0.3 is 11.9 Å². The Bertz CT molecular complexity index is 3130. The Balaban J connectivity index is 0.629. The van der Waals surface area contributed by atoms with Crippen molar-refractivity contribution in [1.82, 2.24) is 0 Å². The molecule has 8 saturated carbocycles. The highest BCUT2D eigenvalue weighted by Crippen LogP contribution is 2.68. The summed E-state index contributed by atoms with van der Waals surface area (Å²) in [4.78, 5) is 79.1. The summed E-state index contributed by atoms with van der Waals surface area (Å²) in [5, 5.41) is 7.69. The zero-order chi connectivity index (χ0) is 59.4. The van der Waals surface area contributed by atoms with Gasteiger partial charge in [-0.25, -0.2) is 9.59 Å². The number of nitrogens with one attached hydrogen (secondary N) is 2. The number of allylic oxidation sites excluding steroid dienone is 2. The van der Waals surface area contributed by atoms with E-state index in [1.807, 2.05) is 36.4 Å². The first kappa shape index (κ1) is 58.6. The zero-order valence-corrected chi connectivity index (χ0v) is 50.7. The SMILES string of the molecule is COc1cc(/C=C/C(=O)CC(=O)/C=C/c2ccc(OC(=O)c3ccccc3NC3CC[C@H]4[C@@H]5CCC6CC(=O)CC[C@]6(C)[C@H]5CC[C@]34C)c(OC)c2)ccc1OC(=O)c1ccccc1NC1CC[C@H]2[C@@H]3CCC4CC(=O)CC[C@]4(C)[C@H]3CC[C@]12C. The predicted octanol–water partition coefficient (Wildman–Crippen LogP) is 15.2. The van der Waals surface area contributed by atoms with Crippen LogP contribution in [0.1, 0.15) is 182 Å². The molecule has 8 aliphatic rings. The number of rotatable bonds is 16. The lowest BCUT2D eigenvalue weighted by Gasteiger charge is -2.60. The Morgan fingerprint density at radius 2 is 0.894 bits per heavy atom. The highest BCUT2D eigenvalue weighted by molar-refractivity contribution is 6.11. The number of para-hydroxylation sites is 2. The van der Waals surface area contributed by atoms with Crippen LogP contribution in [0.2, 0.25) is 0 Å². The summed E-state index contributed by atoms with van der Waals surface area (Å²) in [6.07, 6.45) is 24.4. The van der Waals surface area contributed by atoms with Gasteiger partial charge in [0.25, 0.3) is 0 Å². The molecule has 12 rings (SSSR count). The fourth-order valence-corrected chi connectivity index (χ4v) is 19.2. The van der Waals surface area contributed by atoms with Crippen molar-refractivity contribution in [1.29, 1.82) is 0 Å². The van der Waals surface area contributed by atoms with Crippen LogP contribution in [-0.4, -0.2) is 61.4 Å². The molecular weight excluding hydrogens is 1060 g/mol. The average Bonchev–Trinajstić information content (AvgIpc) is 2.10. The van der Waals surface area contributed by atoms with E-state index < -0.39 is 23.5 Å². The zero-order valence-electron chi connectivity index (χ0n) is 50.7. The minimum Gasteiger partial charge on any atom is -0.493 e. The lowest BCUT2D eigenvalue weighted by atomic mass is 9.45. The number of fused-ring (bicyclic) bond motifs is 10. The van der Waals surface area contributed by atoms with Gasteiger partial charge in [-0.05, 0) is 231 Å². The smallest absolute Gasteiger partial charge is 0.345 e. The van der Waals surface area contributed by atoms with Gasteiger partial charge in [0.2, 0.25) is 0 Å². The number of ketones is 4. The first-order valence-electron chi connectivity index (χ1n) is 31.9. The minimum absolute atomic E-state index is 0.0963. The molecule has 0 bridgehead atoms. The molecular formula is C73H86N2O10. The second-order valence-electron chi connectivity index (χ2n) is 27.9. The van der Waals surface area contributed by atoms with Gasteiger partial charge < -0.3 is 29.6 Å². The second kappa shape index (κ2) is 23.5. The van der Waals surface area contributed by atoms with Crippen LogP contribution >= 0.6 is 0 Å². The third-order valence-corrected chi connectivity index (χ3v) is 24.0. The van der Waals surface area contributed by atoms with Gasteiger partial charge in [-0.1, -0.05) is 76.2 Å². The van der Waals surface area contributed by atoms with Crippen molar-refractivity contribution in [3.63, 3.8) is 0 Å². The number of carbonyl (C=O) groups is 6. The Hall–Kier alpha value is -6.82. The molecule has 14 atom stereocenters. The van der Waals surface area contributed by atoms with Gasteiger partial charge in [0.05, 0.1) is 31.8 Å². The summed E-state index contributed by atoms with van der Waals surface area (Å²) in [6.45, 7) is 9.90. The van der Waals surface area contributed by atoms with Crippen LogP contribution in [-0.2, 0) is 19.2 Å². The van der Waals surface area contributed by atoms with Crippen LogP contribution in [0.3, 0.4) is 0 Å². The van der Waals surface area contributed by atoms with Gasteiger partial charge in [0, 0.05) is 49.1 Å². The quantitative estimate of drug-likeness (QED) is 0.0473. The first-order valence-corrected chi connectivity index (χ1v) is 31.9. The van der Waals surface area contributed by atoms with Gasteiger partial charge in [-0.3, -0.25) is 19.2 Å². The second-order valence-corrected chi connectivity index (χ2v) is 27.9. The summed E-state index contributed by atoms with van der Waals surface area (Å²) in [5.41, 5.74) is 4.34. The number of ether oxygens (including phenoxy) is 4. The third-order valence-electron chi connectivity index (χ3n) is 24.0. The summed E-state index contributed by atoms with van der Waals surface area (Å²) in [7, 11) is 2.99. The lowest BCUT2D eigenvalue weighted by molar-refractivity contribution is -0.138. The highest BCUT2D eigenvalue weighted by atomic mass is 16.6. The fourth-order valence-electron chi connectivity index (χ4n) is 19.2. The molecule has 4 aromatic rings. The normalized spacial score (nSPS) is 33.8. The number of carbonyl (C=O) groups excluding carboxylic acids is 6. The van der Waals surface area contributed by atoms with Crippen LogP contribution < -0.4 is 29.6 Å². The summed E-state index contributed by atoms with van der Waals surface area (Å²) >= 11 is 0. The largest absolute Gasteiger partial charge is 0.493 e. The van der Waals surface area contributed by atoms with Crippen molar-refractivity contribution in [2.45, 2.75) is 162 Å². The van der Waals surface area contributed by atoms with Crippen LogP contribution in [0.4, 0.5) is 11.4 Å². The molecule has 0 aliphatic heterocycles. The number of hydrogen-bond donors (Lipinski definition) is 2. The molecule has 0 amide bonds. The highest BCUT2D eigenvalue weighted by Gasteiger charge is 2.62. The topological polar surface area (TPSA) is 163 Å². The molecule has 12 nitrogen and oxygen atoms in total. The molecule has 0 heterocycles. The maximum absolute atomic E-state index is 14.0. The van der Waals surface area contributed by atoms with E-state index in [2.05, 4.69) is 38.3 Å². The van der Waals surface area contributed by atoms with E-state index in [1.165, 1.54) is 52.1 Å². The molecule has 8 aliphatic carbocycles. The number of benzene rings is 4. The van der Waals surface area contributed by atoms with Gasteiger partial charge in [-0.15, -0.1) is 0 Å². The fraction of sp³-hybridized carbons (Fsp3) is 0.534. The number of hydrogen-bond acceptors (Lipinski definition) is 12. The Morgan fingerprint density at radius 3 is 1.32 bits per heavy atom. The third kappa shape index (κ3) is 11.0.